The fourth-order valence-electron chi connectivity index (χ4n) is 3.65. The van der Waals surface area contributed by atoms with E-state index in [0.29, 0.717) is 6.42 Å². The Morgan fingerprint density at radius 3 is 2.73 bits per heavy atom. The van der Waals surface area contributed by atoms with Gasteiger partial charge < -0.3 is 14.8 Å². The molecule has 1 spiro atoms. The number of hydrogen-bond acceptors (Lipinski definition) is 7. The molecule has 0 aromatic carbocycles. The first kappa shape index (κ1) is 18.2. The van der Waals surface area contributed by atoms with Gasteiger partial charge in [-0.25, -0.2) is 14.5 Å². The summed E-state index contributed by atoms with van der Waals surface area (Å²) in [6, 6.07) is -0.629. The lowest BCUT2D eigenvalue weighted by atomic mass is 9.73. The third-order valence-corrected chi connectivity index (χ3v) is 5.21. The molecule has 0 radical (unpaired) electrons. The number of urea groups is 1. The molecule has 10 nitrogen and oxygen atoms in total. The van der Waals surface area contributed by atoms with Crippen LogP contribution in [0.3, 0.4) is 0 Å². The fourth-order valence-corrected chi connectivity index (χ4v) is 3.65. The van der Waals surface area contributed by atoms with Crippen molar-refractivity contribution in [1.82, 2.24) is 15.1 Å². The van der Waals surface area contributed by atoms with Crippen LogP contribution in [0.4, 0.5) is 9.59 Å². The van der Waals surface area contributed by atoms with Crippen LogP contribution in [0.5, 0.6) is 0 Å². The highest BCUT2D eigenvalue weighted by atomic mass is 16.6. The second-order valence-corrected chi connectivity index (χ2v) is 6.76. The molecular weight excluding hydrogens is 346 g/mol. The van der Waals surface area contributed by atoms with E-state index < -0.39 is 48.6 Å². The summed E-state index contributed by atoms with van der Waals surface area (Å²) >= 11 is 0. The van der Waals surface area contributed by atoms with Crippen LogP contribution in [0.2, 0.25) is 0 Å². The van der Waals surface area contributed by atoms with Crippen LogP contribution in [0.1, 0.15) is 32.6 Å². The number of imide groups is 2. The summed E-state index contributed by atoms with van der Waals surface area (Å²) in [6.45, 7) is 0.882. The monoisotopic (exact) mass is 367 g/mol. The van der Waals surface area contributed by atoms with Crippen LogP contribution in [0.25, 0.3) is 0 Å². The van der Waals surface area contributed by atoms with Gasteiger partial charge in [0, 0.05) is 0 Å². The van der Waals surface area contributed by atoms with Crippen molar-refractivity contribution in [2.45, 2.75) is 38.1 Å². The molecule has 0 aromatic rings. The smallest absolute Gasteiger partial charge is 0.416 e. The van der Waals surface area contributed by atoms with E-state index in [9.17, 15) is 24.0 Å². The van der Waals surface area contributed by atoms with Crippen molar-refractivity contribution in [3.63, 3.8) is 0 Å². The molecule has 1 aliphatic carbocycles. The maximum absolute atomic E-state index is 12.7. The molecule has 3 rings (SSSR count). The zero-order valence-electron chi connectivity index (χ0n) is 14.5. The minimum absolute atomic E-state index is 0.0172. The molecule has 142 valence electrons. The van der Waals surface area contributed by atoms with E-state index in [4.69, 9.17) is 4.74 Å². The predicted molar refractivity (Wildman–Crippen MR) is 84.6 cm³/mol. The third kappa shape index (κ3) is 3.11. The maximum Gasteiger partial charge on any atom is 0.416 e. The SMILES string of the molecule is C[C@H]1CCCC[C@]12NC(=O)N(CC(=O)OCC(=O)N1CCOC1=O)C2=O. The van der Waals surface area contributed by atoms with Crippen LogP contribution in [0.15, 0.2) is 0 Å². The average molecular weight is 367 g/mol. The third-order valence-electron chi connectivity index (χ3n) is 5.21. The normalized spacial score (nSPS) is 28.3. The van der Waals surface area contributed by atoms with Crippen LogP contribution < -0.4 is 5.32 Å². The van der Waals surface area contributed by atoms with Crippen molar-refractivity contribution in [2.75, 3.05) is 26.3 Å². The predicted octanol–water partition coefficient (Wildman–Crippen LogP) is 0.00910. The standard InChI is InChI=1S/C16H21N3O7/c1-10-4-2-3-5-16(10)13(22)19(14(23)17-16)8-12(21)26-9-11(20)18-6-7-25-15(18)24/h10H,2-9H2,1H3,(H,17,23)/t10-,16-/m0/s1. The van der Waals surface area contributed by atoms with Gasteiger partial charge in [0.25, 0.3) is 11.8 Å². The molecule has 10 heteroatoms. The Morgan fingerprint density at radius 1 is 1.31 bits per heavy atom. The van der Waals surface area contributed by atoms with Gasteiger partial charge in [-0.3, -0.25) is 19.3 Å². The molecule has 1 saturated carbocycles. The van der Waals surface area contributed by atoms with E-state index in [1.54, 1.807) is 0 Å². The highest BCUT2D eigenvalue weighted by Crippen LogP contribution is 2.38. The number of nitrogens with one attached hydrogen (secondary N) is 1. The Kier molecular flexibility index (Phi) is 4.84. The lowest BCUT2D eigenvalue weighted by Gasteiger charge is -2.36. The molecule has 5 amide bonds. The van der Waals surface area contributed by atoms with Crippen molar-refractivity contribution < 1.29 is 33.4 Å². The van der Waals surface area contributed by atoms with E-state index >= 15 is 0 Å². The topological polar surface area (TPSA) is 122 Å². The molecule has 26 heavy (non-hydrogen) atoms. The van der Waals surface area contributed by atoms with Crippen molar-refractivity contribution in [2.24, 2.45) is 5.92 Å². The molecular formula is C16H21N3O7. The minimum Gasteiger partial charge on any atom is -0.454 e. The number of hydrogen-bond donors (Lipinski definition) is 1. The van der Waals surface area contributed by atoms with E-state index in [1.807, 2.05) is 6.92 Å². The van der Waals surface area contributed by atoms with Crippen molar-refractivity contribution in [1.29, 1.82) is 0 Å². The van der Waals surface area contributed by atoms with Crippen molar-refractivity contribution >= 4 is 29.9 Å². The molecule has 2 atom stereocenters. The first-order chi connectivity index (χ1) is 12.3. The first-order valence-electron chi connectivity index (χ1n) is 8.62. The summed E-state index contributed by atoms with van der Waals surface area (Å²) in [6.07, 6.45) is 2.41. The molecule has 2 heterocycles. The number of carbonyl (C=O) groups is 5. The van der Waals surface area contributed by atoms with Crippen LogP contribution in [-0.2, 0) is 23.9 Å². The summed E-state index contributed by atoms with van der Waals surface area (Å²) < 4.78 is 9.44. The Hall–Kier alpha value is -2.65. The van der Waals surface area contributed by atoms with Crippen molar-refractivity contribution in [3.05, 3.63) is 0 Å². The maximum atomic E-state index is 12.7. The molecule has 0 unspecified atom stereocenters. The summed E-state index contributed by atoms with van der Waals surface area (Å²) in [5.74, 6) is -2.05. The first-order valence-corrected chi connectivity index (χ1v) is 8.62. The Morgan fingerprint density at radius 2 is 2.08 bits per heavy atom. The number of esters is 1. The largest absolute Gasteiger partial charge is 0.454 e. The molecule has 1 N–H and O–H groups in total. The summed E-state index contributed by atoms with van der Waals surface area (Å²) in [7, 11) is 0. The van der Waals surface area contributed by atoms with Gasteiger partial charge >= 0.3 is 18.1 Å². The van der Waals surface area contributed by atoms with Gasteiger partial charge in [0.1, 0.15) is 18.7 Å². The van der Waals surface area contributed by atoms with Crippen LogP contribution >= 0.6 is 0 Å². The summed E-state index contributed by atoms with van der Waals surface area (Å²) in [5, 5.41) is 2.73. The Bertz CT molecular complexity index is 664. The highest BCUT2D eigenvalue weighted by molar-refractivity contribution is 6.09. The quantitative estimate of drug-likeness (QED) is 0.548. The number of cyclic esters (lactones) is 1. The second kappa shape index (κ2) is 6.93. The van der Waals surface area contributed by atoms with Crippen LogP contribution in [0, 0.1) is 5.92 Å². The van der Waals surface area contributed by atoms with E-state index in [2.05, 4.69) is 10.1 Å². The van der Waals surface area contributed by atoms with Gasteiger partial charge in [-0.15, -0.1) is 0 Å². The number of rotatable bonds is 4. The number of nitrogens with zero attached hydrogens (tertiary/aromatic N) is 2. The lowest BCUT2D eigenvalue weighted by molar-refractivity contribution is -0.153. The summed E-state index contributed by atoms with van der Waals surface area (Å²) in [4.78, 5) is 61.6. The molecule has 3 aliphatic rings. The van der Waals surface area contributed by atoms with Gasteiger partial charge in [0.15, 0.2) is 6.61 Å². The number of carbonyl (C=O) groups excluding carboxylic acids is 5. The van der Waals surface area contributed by atoms with Gasteiger partial charge in [0.05, 0.1) is 6.54 Å². The van der Waals surface area contributed by atoms with Gasteiger partial charge in [-0.2, -0.15) is 0 Å². The van der Waals surface area contributed by atoms with E-state index in [1.165, 1.54) is 0 Å². The molecule has 2 saturated heterocycles. The molecule has 3 fully saturated rings. The minimum atomic E-state index is -0.954. The van der Waals surface area contributed by atoms with Gasteiger partial charge in [-0.1, -0.05) is 19.8 Å². The summed E-state index contributed by atoms with van der Waals surface area (Å²) in [5.41, 5.74) is -0.954. The Balaban J connectivity index is 1.55. The number of amides is 5. The lowest BCUT2D eigenvalue weighted by Crippen LogP contribution is -2.54. The average Bonchev–Trinajstić information content (AvgIpc) is 3.13. The molecule has 0 aromatic heterocycles. The highest BCUT2D eigenvalue weighted by Gasteiger charge is 2.55. The van der Waals surface area contributed by atoms with Gasteiger partial charge in [-0.05, 0) is 18.8 Å². The van der Waals surface area contributed by atoms with Gasteiger partial charge in [0.2, 0.25) is 0 Å². The molecule has 0 bridgehead atoms. The zero-order valence-corrected chi connectivity index (χ0v) is 14.5. The second-order valence-electron chi connectivity index (χ2n) is 6.76. The van der Waals surface area contributed by atoms with Crippen LogP contribution in [-0.4, -0.2) is 71.6 Å². The fraction of sp³-hybridized carbons (Fsp3) is 0.688. The van der Waals surface area contributed by atoms with E-state index in [-0.39, 0.29) is 19.1 Å². The van der Waals surface area contributed by atoms with E-state index in [0.717, 1.165) is 29.1 Å². The zero-order chi connectivity index (χ0) is 18.9. The van der Waals surface area contributed by atoms with Crippen molar-refractivity contribution in [3.8, 4) is 0 Å². The Labute approximate surface area is 149 Å². The molecule has 2 aliphatic heterocycles. The number of ether oxygens (including phenoxy) is 2.